The van der Waals surface area contributed by atoms with Gasteiger partial charge in [0, 0.05) is 16.1 Å². The summed E-state index contributed by atoms with van der Waals surface area (Å²) in [7, 11) is 0. The van der Waals surface area contributed by atoms with Crippen LogP contribution in [0.2, 0.25) is 5.02 Å². The highest BCUT2D eigenvalue weighted by molar-refractivity contribution is 6.30. The number of rotatable bonds is 5. The van der Waals surface area contributed by atoms with Gasteiger partial charge in [-0.1, -0.05) is 35.7 Å². The zero-order valence-corrected chi connectivity index (χ0v) is 21.2. The van der Waals surface area contributed by atoms with Gasteiger partial charge in [-0.05, 0) is 54.1 Å². The molecule has 3 aromatic heterocycles. The summed E-state index contributed by atoms with van der Waals surface area (Å²) in [5.74, 6) is 3.44. The molecule has 3 N–H and O–H groups in total. The van der Waals surface area contributed by atoms with Crippen molar-refractivity contribution in [2.24, 2.45) is 0 Å². The van der Waals surface area contributed by atoms with Crippen molar-refractivity contribution in [3.8, 4) is 29.4 Å². The number of benzene rings is 3. The number of aromatic hydroxyl groups is 1. The summed E-state index contributed by atoms with van der Waals surface area (Å²) in [6.45, 7) is 0.360. The molecular weight excluding hydrogens is 514 g/mol. The minimum absolute atomic E-state index is 0.115. The van der Waals surface area contributed by atoms with E-state index in [1.807, 2.05) is 12.1 Å². The number of nitrogens with two attached hydrogens (primary N) is 1. The van der Waals surface area contributed by atoms with Crippen LogP contribution in [0.4, 0.5) is 5.82 Å². The molecule has 0 aliphatic carbocycles. The first kappa shape index (κ1) is 24.2. The molecule has 6 aromatic rings. The second-order valence-electron chi connectivity index (χ2n) is 8.90. The quantitative estimate of drug-likeness (QED) is 0.318. The highest BCUT2D eigenvalue weighted by Crippen LogP contribution is 2.31. The first-order valence-electron chi connectivity index (χ1n) is 11.9. The van der Waals surface area contributed by atoms with Gasteiger partial charge in [0.1, 0.15) is 36.0 Å². The summed E-state index contributed by atoms with van der Waals surface area (Å²) >= 11 is 6.08. The van der Waals surface area contributed by atoms with Gasteiger partial charge >= 0.3 is 0 Å². The molecule has 6 rings (SSSR count). The Balaban J connectivity index is 1.56. The number of phenols is 1. The molecular formula is C29H20ClN7O2. The highest BCUT2D eigenvalue weighted by atomic mass is 35.5. The molecule has 0 spiro atoms. The predicted molar refractivity (Wildman–Crippen MR) is 150 cm³/mol. The van der Waals surface area contributed by atoms with E-state index in [-0.39, 0.29) is 30.2 Å². The number of halogens is 1. The van der Waals surface area contributed by atoms with Crippen LogP contribution in [-0.4, -0.2) is 34.4 Å². The molecule has 0 atom stereocenters. The molecule has 0 amide bonds. The summed E-state index contributed by atoms with van der Waals surface area (Å²) in [4.78, 5) is 27.3. The zero-order chi connectivity index (χ0) is 27.1. The topological polar surface area (TPSA) is 125 Å². The Morgan fingerprint density at radius 1 is 0.974 bits per heavy atom. The maximum absolute atomic E-state index is 13.9. The third-order valence-electron chi connectivity index (χ3n) is 6.46. The molecule has 0 saturated heterocycles. The Kier molecular flexibility index (Phi) is 5.94. The van der Waals surface area contributed by atoms with Gasteiger partial charge in [0.2, 0.25) is 0 Å². The third kappa shape index (κ3) is 4.33. The Morgan fingerprint density at radius 3 is 2.49 bits per heavy atom. The fourth-order valence-electron chi connectivity index (χ4n) is 4.58. The van der Waals surface area contributed by atoms with E-state index in [0.717, 1.165) is 11.1 Å². The number of terminal acetylenes is 1. The second kappa shape index (κ2) is 9.59. The minimum Gasteiger partial charge on any atom is -0.508 e. The van der Waals surface area contributed by atoms with Crippen LogP contribution in [0.5, 0.6) is 5.75 Å². The Labute approximate surface area is 227 Å². The van der Waals surface area contributed by atoms with E-state index < -0.39 is 0 Å². The van der Waals surface area contributed by atoms with Gasteiger partial charge in [-0.15, -0.1) is 6.42 Å². The van der Waals surface area contributed by atoms with Crippen molar-refractivity contribution in [3.63, 3.8) is 0 Å². The van der Waals surface area contributed by atoms with Crippen molar-refractivity contribution in [3.05, 3.63) is 105 Å². The molecule has 3 aromatic carbocycles. The van der Waals surface area contributed by atoms with Crippen molar-refractivity contribution in [1.29, 1.82) is 0 Å². The van der Waals surface area contributed by atoms with Crippen LogP contribution >= 0.6 is 11.6 Å². The number of hydrogen-bond acceptors (Lipinski definition) is 7. The lowest BCUT2D eigenvalue weighted by atomic mass is 10.1. The van der Waals surface area contributed by atoms with E-state index in [2.05, 4.69) is 15.9 Å². The smallest absolute Gasteiger partial charge is 0.263 e. The van der Waals surface area contributed by atoms with E-state index in [9.17, 15) is 9.90 Å². The van der Waals surface area contributed by atoms with Gasteiger partial charge in [0.25, 0.3) is 5.56 Å². The van der Waals surface area contributed by atoms with E-state index in [1.165, 1.54) is 6.33 Å². The molecule has 0 aliphatic heterocycles. The molecule has 190 valence electrons. The number of fused-ring (bicyclic) bond motifs is 2. The predicted octanol–water partition coefficient (Wildman–Crippen LogP) is 4.22. The fraction of sp³-hybridized carbons (Fsp3) is 0.0690. The molecule has 0 radical (unpaired) electrons. The molecule has 10 heteroatoms. The summed E-state index contributed by atoms with van der Waals surface area (Å²) in [5.41, 5.74) is 9.57. The fourth-order valence-corrected chi connectivity index (χ4v) is 4.71. The summed E-state index contributed by atoms with van der Waals surface area (Å²) in [6.07, 6.45) is 7.08. The number of aromatic nitrogens is 6. The van der Waals surface area contributed by atoms with Gasteiger partial charge in [-0.3, -0.25) is 9.36 Å². The van der Waals surface area contributed by atoms with Gasteiger partial charge in [0.05, 0.1) is 22.8 Å². The molecule has 39 heavy (non-hydrogen) atoms. The molecule has 0 unspecified atom stereocenters. The van der Waals surface area contributed by atoms with E-state index >= 15 is 0 Å². The number of phenolic OH excluding ortho intramolecular Hbond substituents is 1. The van der Waals surface area contributed by atoms with Crippen LogP contribution in [-0.2, 0) is 13.1 Å². The van der Waals surface area contributed by atoms with Crippen molar-refractivity contribution in [1.82, 2.24) is 29.3 Å². The first-order valence-corrected chi connectivity index (χ1v) is 12.3. The zero-order valence-electron chi connectivity index (χ0n) is 20.4. The van der Waals surface area contributed by atoms with Gasteiger partial charge < -0.3 is 10.8 Å². The lowest BCUT2D eigenvalue weighted by molar-refractivity contribution is 0.475. The van der Waals surface area contributed by atoms with Gasteiger partial charge in [-0.25, -0.2) is 19.6 Å². The molecule has 0 fully saturated rings. The summed E-state index contributed by atoms with van der Waals surface area (Å²) in [6, 6.07) is 19.1. The average molecular weight is 534 g/mol. The molecule has 0 saturated carbocycles. The Morgan fingerprint density at radius 2 is 1.74 bits per heavy atom. The molecule has 0 bridgehead atoms. The SMILES string of the molecule is C#Cc1cccc2nc(Cn3nc(-c4ccc(O)cc4)c4c(N)ncnc43)n(Cc3ccc(Cl)cc3)c(=O)c12. The third-order valence-corrected chi connectivity index (χ3v) is 6.71. The normalized spacial score (nSPS) is 11.2. The van der Waals surface area contributed by atoms with Crippen molar-refractivity contribution in [2.45, 2.75) is 13.1 Å². The number of nitrogens with zero attached hydrogens (tertiary/aromatic N) is 6. The van der Waals surface area contributed by atoms with Crippen LogP contribution in [0.25, 0.3) is 33.2 Å². The maximum atomic E-state index is 13.9. The van der Waals surface area contributed by atoms with E-state index in [4.69, 9.17) is 33.8 Å². The number of nitrogen functional groups attached to an aromatic ring is 1. The largest absolute Gasteiger partial charge is 0.508 e. The second-order valence-corrected chi connectivity index (χ2v) is 9.34. The Hall–Kier alpha value is -5.20. The standard InChI is InChI=1S/C29H20ClN7O2/c1-2-18-4-3-5-22-24(18)29(39)36(14-17-6-10-20(30)11-7-17)23(34-22)15-37-28-25(27(31)32-16-33-28)26(35-37)19-8-12-21(38)13-9-19/h1,3-13,16,38H,14-15H2,(H2,31,32,33). The minimum atomic E-state index is -0.261. The Bertz CT molecular complexity index is 1970. The van der Waals surface area contributed by atoms with Crippen molar-refractivity contribution in [2.75, 3.05) is 5.73 Å². The lowest BCUT2D eigenvalue weighted by Crippen LogP contribution is -2.28. The average Bonchev–Trinajstić information content (AvgIpc) is 3.31. The first-order chi connectivity index (χ1) is 18.9. The molecule has 9 nitrogen and oxygen atoms in total. The monoisotopic (exact) mass is 533 g/mol. The van der Waals surface area contributed by atoms with E-state index in [0.29, 0.717) is 44.0 Å². The number of anilines is 1. The van der Waals surface area contributed by atoms with Crippen LogP contribution in [0.15, 0.2) is 77.9 Å². The lowest BCUT2D eigenvalue weighted by Gasteiger charge is -2.15. The van der Waals surface area contributed by atoms with Gasteiger partial charge in [0.15, 0.2) is 5.65 Å². The summed E-state index contributed by atoms with van der Waals surface area (Å²) < 4.78 is 3.23. The molecule has 0 aliphatic rings. The van der Waals surface area contributed by atoms with Crippen molar-refractivity contribution < 1.29 is 5.11 Å². The van der Waals surface area contributed by atoms with Crippen LogP contribution in [0.3, 0.4) is 0 Å². The van der Waals surface area contributed by atoms with Crippen LogP contribution in [0.1, 0.15) is 17.0 Å². The maximum Gasteiger partial charge on any atom is 0.263 e. The van der Waals surface area contributed by atoms with Crippen LogP contribution < -0.4 is 11.3 Å². The van der Waals surface area contributed by atoms with Crippen molar-refractivity contribution >= 4 is 39.4 Å². The molecule has 3 heterocycles. The van der Waals surface area contributed by atoms with Gasteiger partial charge in [-0.2, -0.15) is 5.10 Å². The van der Waals surface area contributed by atoms with E-state index in [1.54, 1.807) is 63.8 Å². The van der Waals surface area contributed by atoms with Crippen LogP contribution in [0, 0.1) is 12.3 Å². The summed E-state index contributed by atoms with van der Waals surface area (Å²) in [5, 5.41) is 16.1. The highest BCUT2D eigenvalue weighted by Gasteiger charge is 2.20. The number of hydrogen-bond donors (Lipinski definition) is 2.